The molecule has 2 aromatic rings. The van der Waals surface area contributed by atoms with Crippen molar-refractivity contribution in [1.29, 1.82) is 0 Å². The monoisotopic (exact) mass is 647 g/mol. The molecule has 6 rings (SSSR count). The standard InChI is InChI=1S/C39H59N4O4/c1-26(10-8-20-38(2,3)47)33-18-19-34-28(11-9-21-39(33,34)4)22-35-32-23-31(44)17-14-29(32)24-40-36(45)41(37(46)42(35)40)30-15-12-27(13-16-30)25-43(5,6)7/h12-13,15-16,22,26,31,33-35,44,47H,8-11,14,17-21,23-25H2,1-7H3/q+1/b28-22+/t26-,31+,33-,34+,35+,39-/m1/s1. The molecule has 0 saturated heterocycles. The van der Waals surface area contributed by atoms with Crippen LogP contribution in [0.5, 0.6) is 0 Å². The van der Waals surface area contributed by atoms with Crippen LogP contribution in [-0.4, -0.2) is 61.5 Å². The molecule has 258 valence electrons. The first-order valence-electron chi connectivity index (χ1n) is 18.2. The molecule has 0 amide bonds. The predicted molar refractivity (Wildman–Crippen MR) is 188 cm³/mol. The Kier molecular flexibility index (Phi) is 9.20. The van der Waals surface area contributed by atoms with Crippen LogP contribution in [0.2, 0.25) is 0 Å². The maximum absolute atomic E-state index is 14.3. The molecule has 3 aliphatic carbocycles. The van der Waals surface area contributed by atoms with Crippen LogP contribution >= 0.6 is 0 Å². The first-order valence-corrected chi connectivity index (χ1v) is 18.2. The highest BCUT2D eigenvalue weighted by atomic mass is 16.3. The van der Waals surface area contributed by atoms with Crippen molar-refractivity contribution in [3.05, 3.63) is 73.6 Å². The molecule has 6 atom stereocenters. The summed E-state index contributed by atoms with van der Waals surface area (Å²) in [4.78, 5) is 28.3. The zero-order valence-electron chi connectivity index (χ0n) is 30.0. The maximum atomic E-state index is 14.3. The molecule has 1 aromatic heterocycles. The highest BCUT2D eigenvalue weighted by Gasteiger charge is 2.51. The summed E-state index contributed by atoms with van der Waals surface area (Å²) < 4.78 is 5.53. The van der Waals surface area contributed by atoms with Crippen LogP contribution in [0.1, 0.15) is 110 Å². The lowest BCUT2D eigenvalue weighted by Gasteiger charge is -2.45. The number of aromatic nitrogens is 3. The Morgan fingerprint density at radius 3 is 2.47 bits per heavy atom. The van der Waals surface area contributed by atoms with Gasteiger partial charge < -0.3 is 14.7 Å². The summed E-state index contributed by atoms with van der Waals surface area (Å²) in [5.41, 5.74) is 4.55. The molecule has 2 N–H and O–H groups in total. The second kappa shape index (κ2) is 12.6. The van der Waals surface area contributed by atoms with Crippen LogP contribution in [0.15, 0.2) is 56.6 Å². The molecular weight excluding hydrogens is 588 g/mol. The van der Waals surface area contributed by atoms with Gasteiger partial charge in [0, 0.05) is 5.56 Å². The number of aliphatic hydroxyl groups excluding tert-OH is 1. The van der Waals surface area contributed by atoms with Crippen LogP contribution in [0.25, 0.3) is 5.69 Å². The minimum absolute atomic E-state index is 0.209. The first kappa shape index (κ1) is 34.2. The summed E-state index contributed by atoms with van der Waals surface area (Å²) in [7, 11) is 6.44. The minimum atomic E-state index is -0.615. The Labute approximate surface area is 281 Å². The van der Waals surface area contributed by atoms with Crippen molar-refractivity contribution in [2.24, 2.45) is 23.2 Å². The molecule has 4 aliphatic rings. The van der Waals surface area contributed by atoms with Crippen molar-refractivity contribution in [3.8, 4) is 5.69 Å². The van der Waals surface area contributed by atoms with Crippen molar-refractivity contribution >= 4 is 0 Å². The van der Waals surface area contributed by atoms with E-state index in [9.17, 15) is 19.8 Å². The van der Waals surface area contributed by atoms with Crippen molar-refractivity contribution in [2.45, 2.75) is 129 Å². The Morgan fingerprint density at radius 2 is 1.79 bits per heavy atom. The van der Waals surface area contributed by atoms with Gasteiger partial charge in [-0.15, -0.1) is 0 Å². The molecule has 47 heavy (non-hydrogen) atoms. The predicted octanol–water partition coefficient (Wildman–Crippen LogP) is 6.12. The lowest BCUT2D eigenvalue weighted by atomic mass is 9.60. The molecule has 2 fully saturated rings. The fraction of sp³-hybridized carbons (Fsp3) is 0.692. The summed E-state index contributed by atoms with van der Waals surface area (Å²) in [5.74, 6) is 1.70. The average Bonchev–Trinajstić information content (AvgIpc) is 3.46. The number of rotatable bonds is 9. The van der Waals surface area contributed by atoms with E-state index in [4.69, 9.17) is 0 Å². The SMILES string of the molecule is C[C@H](CCCC(C)(C)O)[C@H]1CC[C@H]2/C(=C/[C@H]3C4=C(CC[C@H](O)C4)Cn4c(=O)n(-c5ccc(C[N+](C)(C)C)cc5)c(=O)n43)CCC[C@]12C. The molecule has 8 heteroatoms. The lowest BCUT2D eigenvalue weighted by Crippen LogP contribution is -2.39. The lowest BCUT2D eigenvalue weighted by molar-refractivity contribution is -0.884. The Bertz CT molecular complexity index is 1640. The highest BCUT2D eigenvalue weighted by Crippen LogP contribution is 2.60. The van der Waals surface area contributed by atoms with E-state index in [1.165, 1.54) is 28.6 Å². The van der Waals surface area contributed by atoms with Crippen LogP contribution in [-0.2, 0) is 13.1 Å². The van der Waals surface area contributed by atoms with Gasteiger partial charge in [0.15, 0.2) is 0 Å². The number of hydrogen-bond acceptors (Lipinski definition) is 4. The molecule has 0 spiro atoms. The largest absolute Gasteiger partial charge is 0.393 e. The van der Waals surface area contributed by atoms with Gasteiger partial charge in [0.2, 0.25) is 0 Å². The third-order valence-electron chi connectivity index (χ3n) is 12.1. The molecule has 1 aromatic carbocycles. The van der Waals surface area contributed by atoms with Crippen molar-refractivity contribution in [1.82, 2.24) is 13.9 Å². The van der Waals surface area contributed by atoms with Gasteiger partial charge in [-0.05, 0) is 118 Å². The van der Waals surface area contributed by atoms with Gasteiger partial charge in [-0.2, -0.15) is 0 Å². The number of quaternary nitrogens is 1. The fourth-order valence-corrected chi connectivity index (χ4v) is 9.91. The summed E-state index contributed by atoms with van der Waals surface area (Å²) >= 11 is 0. The Morgan fingerprint density at radius 1 is 1.06 bits per heavy atom. The van der Waals surface area contributed by atoms with E-state index in [0.29, 0.717) is 42.8 Å². The second-order valence-corrected chi connectivity index (χ2v) is 17.4. The van der Waals surface area contributed by atoms with E-state index < -0.39 is 11.7 Å². The number of nitrogens with zero attached hydrogens (tertiary/aromatic N) is 4. The Balaban J connectivity index is 1.35. The van der Waals surface area contributed by atoms with E-state index >= 15 is 0 Å². The fourth-order valence-electron chi connectivity index (χ4n) is 9.91. The zero-order valence-corrected chi connectivity index (χ0v) is 30.0. The van der Waals surface area contributed by atoms with Crippen molar-refractivity contribution in [3.63, 3.8) is 0 Å². The van der Waals surface area contributed by atoms with E-state index in [0.717, 1.165) is 67.1 Å². The van der Waals surface area contributed by atoms with E-state index in [2.05, 4.69) is 41.1 Å². The second-order valence-electron chi connectivity index (χ2n) is 17.4. The number of aliphatic hydroxyl groups is 2. The smallest absolute Gasteiger partial charge is 0.352 e. The van der Waals surface area contributed by atoms with Crippen molar-refractivity contribution < 1.29 is 14.7 Å². The normalized spacial score (nSPS) is 29.5. The maximum Gasteiger partial charge on any atom is 0.352 e. The first-order chi connectivity index (χ1) is 22.1. The molecule has 1 aliphatic heterocycles. The topological polar surface area (TPSA) is 89.4 Å². The van der Waals surface area contributed by atoms with Crippen molar-refractivity contribution in [2.75, 3.05) is 21.1 Å². The number of benzene rings is 1. The number of hydrogen-bond donors (Lipinski definition) is 2. The Hall–Kier alpha value is -2.68. The average molecular weight is 648 g/mol. The third-order valence-corrected chi connectivity index (χ3v) is 12.1. The summed E-state index contributed by atoms with van der Waals surface area (Å²) in [6.07, 6.45) is 12.7. The molecule has 2 saturated carbocycles. The van der Waals surface area contributed by atoms with Gasteiger partial charge in [0.25, 0.3) is 0 Å². The van der Waals surface area contributed by atoms with Crippen LogP contribution in [0, 0.1) is 23.2 Å². The quantitative estimate of drug-likeness (QED) is 0.254. The summed E-state index contributed by atoms with van der Waals surface area (Å²) in [6.45, 7) is 10.00. The summed E-state index contributed by atoms with van der Waals surface area (Å²) in [6, 6.07) is 7.50. The molecule has 2 heterocycles. The van der Waals surface area contributed by atoms with Gasteiger partial charge in [-0.25, -0.2) is 23.5 Å². The van der Waals surface area contributed by atoms with Gasteiger partial charge in [-0.3, -0.25) is 0 Å². The zero-order chi connectivity index (χ0) is 33.9. The van der Waals surface area contributed by atoms with E-state index in [-0.39, 0.29) is 22.8 Å². The van der Waals surface area contributed by atoms with Gasteiger partial charge >= 0.3 is 11.4 Å². The van der Waals surface area contributed by atoms with Gasteiger partial charge in [0.1, 0.15) is 6.54 Å². The minimum Gasteiger partial charge on any atom is -0.393 e. The number of allylic oxidation sites excluding steroid dienone is 3. The highest BCUT2D eigenvalue weighted by molar-refractivity contribution is 5.36. The van der Waals surface area contributed by atoms with E-state index in [1.54, 1.807) is 9.36 Å². The molecule has 0 radical (unpaired) electrons. The molecular formula is C39H59N4O4+. The molecule has 8 nitrogen and oxygen atoms in total. The molecule has 0 bridgehead atoms. The molecule has 0 unspecified atom stereocenters. The van der Waals surface area contributed by atoms with Crippen LogP contribution in [0.3, 0.4) is 0 Å². The number of fused-ring (bicyclic) bond motifs is 2. The van der Waals surface area contributed by atoms with Crippen LogP contribution in [0.4, 0.5) is 0 Å². The van der Waals surface area contributed by atoms with E-state index in [1.807, 2.05) is 38.1 Å². The summed E-state index contributed by atoms with van der Waals surface area (Å²) in [5, 5.41) is 21.1. The third kappa shape index (κ3) is 6.80. The van der Waals surface area contributed by atoms with Crippen LogP contribution < -0.4 is 11.4 Å². The van der Waals surface area contributed by atoms with Gasteiger partial charge in [-0.1, -0.05) is 50.5 Å². The van der Waals surface area contributed by atoms with Gasteiger partial charge in [0.05, 0.1) is 51.1 Å².